The fourth-order valence-corrected chi connectivity index (χ4v) is 2.61. The molecule has 0 fully saturated rings. The summed E-state index contributed by atoms with van der Waals surface area (Å²) in [5.74, 6) is 0. The summed E-state index contributed by atoms with van der Waals surface area (Å²) >= 11 is 0. The molecule has 0 aromatic heterocycles. The summed E-state index contributed by atoms with van der Waals surface area (Å²) in [6.07, 6.45) is 4.87. The predicted octanol–water partition coefficient (Wildman–Crippen LogP) is 4.41. The van der Waals surface area contributed by atoms with E-state index in [0.29, 0.717) is 6.04 Å². The number of hydrogen-bond acceptors (Lipinski definition) is 2. The van der Waals surface area contributed by atoms with Crippen LogP contribution in [0, 0.1) is 0 Å². The highest BCUT2D eigenvalue weighted by Crippen LogP contribution is 2.16. The number of likely N-dealkylation sites (N-methyl/N-ethyl adjacent to an activating group) is 1. The van der Waals surface area contributed by atoms with Crippen LogP contribution in [0.5, 0.6) is 0 Å². The maximum absolute atomic E-state index is 3.72. The zero-order valence-corrected chi connectivity index (χ0v) is 14.5. The van der Waals surface area contributed by atoms with Gasteiger partial charge in [0, 0.05) is 12.6 Å². The van der Waals surface area contributed by atoms with Gasteiger partial charge >= 0.3 is 0 Å². The third kappa shape index (κ3) is 6.62. The van der Waals surface area contributed by atoms with Crippen LogP contribution >= 0.6 is 0 Å². The van der Waals surface area contributed by atoms with E-state index in [9.17, 15) is 0 Å². The minimum Gasteiger partial charge on any atom is -0.309 e. The van der Waals surface area contributed by atoms with Crippen LogP contribution in [0.25, 0.3) is 0 Å². The molecule has 1 atom stereocenters. The van der Waals surface area contributed by atoms with E-state index in [4.69, 9.17) is 0 Å². The molecular formula is C19H34N2. The number of hydrogen-bond donors (Lipinski definition) is 1. The van der Waals surface area contributed by atoms with Gasteiger partial charge in [0.05, 0.1) is 0 Å². The lowest BCUT2D eigenvalue weighted by Crippen LogP contribution is -2.36. The van der Waals surface area contributed by atoms with Gasteiger partial charge in [-0.2, -0.15) is 0 Å². The minimum absolute atomic E-state index is 0.452. The molecule has 0 aliphatic carbocycles. The Morgan fingerprint density at radius 1 is 1.00 bits per heavy atom. The number of benzene rings is 1. The Morgan fingerprint density at radius 2 is 1.71 bits per heavy atom. The van der Waals surface area contributed by atoms with Gasteiger partial charge in [-0.15, -0.1) is 0 Å². The molecule has 1 aromatic carbocycles. The van der Waals surface area contributed by atoms with Gasteiger partial charge in [-0.1, -0.05) is 58.4 Å². The second kappa shape index (κ2) is 10.8. The van der Waals surface area contributed by atoms with Gasteiger partial charge in [-0.3, -0.25) is 0 Å². The minimum atomic E-state index is 0.452. The monoisotopic (exact) mass is 290 g/mol. The molecule has 1 N–H and O–H groups in total. The lowest BCUT2D eigenvalue weighted by atomic mass is 10.0. The highest BCUT2D eigenvalue weighted by Gasteiger charge is 2.14. The molecule has 1 unspecified atom stereocenters. The molecule has 0 spiro atoms. The third-order valence-corrected chi connectivity index (χ3v) is 4.15. The molecular weight excluding hydrogens is 256 g/mol. The molecule has 0 saturated heterocycles. The largest absolute Gasteiger partial charge is 0.309 e. The van der Waals surface area contributed by atoms with E-state index in [1.54, 1.807) is 0 Å². The Labute approximate surface area is 131 Å². The maximum Gasteiger partial charge on any atom is 0.0449 e. The second-order valence-corrected chi connectivity index (χ2v) is 5.85. The van der Waals surface area contributed by atoms with Crippen LogP contribution in [-0.2, 0) is 6.42 Å². The van der Waals surface area contributed by atoms with Crippen LogP contribution in [0.2, 0.25) is 0 Å². The Hall–Kier alpha value is -0.860. The molecule has 1 aromatic rings. The second-order valence-electron chi connectivity index (χ2n) is 5.85. The van der Waals surface area contributed by atoms with Crippen molar-refractivity contribution >= 4 is 0 Å². The van der Waals surface area contributed by atoms with Gasteiger partial charge in [-0.25, -0.2) is 0 Å². The average Bonchev–Trinajstić information content (AvgIpc) is 2.54. The Bertz CT molecular complexity index is 358. The van der Waals surface area contributed by atoms with Gasteiger partial charge in [0.2, 0.25) is 0 Å². The van der Waals surface area contributed by atoms with Crippen LogP contribution < -0.4 is 5.32 Å². The molecule has 0 aliphatic heterocycles. The zero-order valence-electron chi connectivity index (χ0n) is 14.5. The Morgan fingerprint density at radius 3 is 2.24 bits per heavy atom. The van der Waals surface area contributed by atoms with E-state index >= 15 is 0 Å². The van der Waals surface area contributed by atoms with Gasteiger partial charge in [0.1, 0.15) is 0 Å². The van der Waals surface area contributed by atoms with Gasteiger partial charge in [-0.05, 0) is 50.0 Å². The van der Waals surface area contributed by atoms with Crippen LogP contribution in [0.3, 0.4) is 0 Å². The predicted molar refractivity (Wildman–Crippen MR) is 93.9 cm³/mol. The molecule has 1 rings (SSSR count). The van der Waals surface area contributed by atoms with Crippen molar-refractivity contribution in [3.05, 3.63) is 35.4 Å². The van der Waals surface area contributed by atoms with E-state index < -0.39 is 0 Å². The molecule has 0 saturated carbocycles. The molecule has 0 amide bonds. The molecule has 21 heavy (non-hydrogen) atoms. The van der Waals surface area contributed by atoms with E-state index in [0.717, 1.165) is 26.1 Å². The van der Waals surface area contributed by atoms with E-state index in [1.807, 2.05) is 0 Å². The fourth-order valence-electron chi connectivity index (χ4n) is 2.61. The number of nitrogens with zero attached hydrogens (tertiary/aromatic N) is 1. The summed E-state index contributed by atoms with van der Waals surface area (Å²) in [6.45, 7) is 13.5. The molecule has 0 heterocycles. The van der Waals surface area contributed by atoms with Crippen molar-refractivity contribution in [3.63, 3.8) is 0 Å². The van der Waals surface area contributed by atoms with E-state index in [-0.39, 0.29) is 0 Å². The lowest BCUT2D eigenvalue weighted by Gasteiger charge is -2.27. The first-order valence-electron chi connectivity index (χ1n) is 8.79. The van der Waals surface area contributed by atoms with E-state index in [1.165, 1.54) is 36.9 Å². The Kier molecular flexibility index (Phi) is 9.36. The standard InChI is InChI=1S/C19H34N2/c1-5-9-15-21(8-4)16-19(20-14-6-2)18-12-10-17(7-3)11-13-18/h10-13,19-20H,5-9,14-16H2,1-4H3. The molecule has 2 heteroatoms. The fraction of sp³-hybridized carbons (Fsp3) is 0.684. The molecule has 0 radical (unpaired) electrons. The number of nitrogens with one attached hydrogen (secondary N) is 1. The Balaban J connectivity index is 2.72. The topological polar surface area (TPSA) is 15.3 Å². The van der Waals surface area contributed by atoms with Crippen LogP contribution in [-0.4, -0.2) is 31.1 Å². The van der Waals surface area contributed by atoms with Crippen LogP contribution in [0.15, 0.2) is 24.3 Å². The van der Waals surface area contributed by atoms with Crippen molar-refractivity contribution in [2.45, 2.75) is 59.4 Å². The van der Waals surface area contributed by atoms with Crippen LogP contribution in [0.1, 0.15) is 64.1 Å². The van der Waals surface area contributed by atoms with Crippen molar-refractivity contribution in [2.24, 2.45) is 0 Å². The quantitative estimate of drug-likeness (QED) is 0.649. The van der Waals surface area contributed by atoms with Crippen LogP contribution in [0.4, 0.5) is 0 Å². The number of aryl methyl sites for hydroxylation is 1. The molecule has 0 bridgehead atoms. The van der Waals surface area contributed by atoms with Crippen molar-refractivity contribution in [1.29, 1.82) is 0 Å². The summed E-state index contributed by atoms with van der Waals surface area (Å²) < 4.78 is 0. The van der Waals surface area contributed by atoms with Gasteiger partial charge in [0.15, 0.2) is 0 Å². The first kappa shape index (κ1) is 18.2. The molecule has 2 nitrogen and oxygen atoms in total. The first-order chi connectivity index (χ1) is 10.2. The molecule has 120 valence electrons. The zero-order chi connectivity index (χ0) is 15.5. The average molecular weight is 290 g/mol. The van der Waals surface area contributed by atoms with Gasteiger partial charge in [0.25, 0.3) is 0 Å². The summed E-state index contributed by atoms with van der Waals surface area (Å²) in [7, 11) is 0. The SMILES string of the molecule is CCCCN(CC)CC(NCCC)c1ccc(CC)cc1. The molecule has 0 aliphatic rings. The normalized spacial score (nSPS) is 12.8. The van der Waals surface area contributed by atoms with E-state index in [2.05, 4.69) is 62.2 Å². The summed E-state index contributed by atoms with van der Waals surface area (Å²) in [5.41, 5.74) is 2.85. The van der Waals surface area contributed by atoms with Crippen molar-refractivity contribution in [1.82, 2.24) is 10.2 Å². The number of rotatable bonds is 11. The van der Waals surface area contributed by atoms with Crippen molar-refractivity contribution < 1.29 is 0 Å². The van der Waals surface area contributed by atoms with Crippen molar-refractivity contribution in [3.8, 4) is 0 Å². The van der Waals surface area contributed by atoms with Crippen molar-refractivity contribution in [2.75, 3.05) is 26.2 Å². The highest BCUT2D eigenvalue weighted by atomic mass is 15.1. The smallest absolute Gasteiger partial charge is 0.0449 e. The van der Waals surface area contributed by atoms with Gasteiger partial charge < -0.3 is 10.2 Å². The lowest BCUT2D eigenvalue weighted by molar-refractivity contribution is 0.250. The first-order valence-corrected chi connectivity index (χ1v) is 8.79. The summed E-state index contributed by atoms with van der Waals surface area (Å²) in [5, 5.41) is 3.72. The number of unbranched alkanes of at least 4 members (excludes halogenated alkanes) is 1. The maximum atomic E-state index is 3.72. The summed E-state index contributed by atoms with van der Waals surface area (Å²) in [4.78, 5) is 2.57. The summed E-state index contributed by atoms with van der Waals surface area (Å²) in [6, 6.07) is 9.61. The highest BCUT2D eigenvalue weighted by molar-refractivity contribution is 5.25. The third-order valence-electron chi connectivity index (χ3n) is 4.15.